The highest BCUT2D eigenvalue weighted by Gasteiger charge is 2.29. The van der Waals surface area contributed by atoms with Gasteiger partial charge in [0.05, 0.1) is 0 Å². The number of hydrogen-bond acceptors (Lipinski definition) is 2. The largest absolute Gasteiger partial charge is 0.330 e. The van der Waals surface area contributed by atoms with Crippen molar-refractivity contribution in [2.24, 2.45) is 11.7 Å². The molecule has 1 saturated heterocycles. The summed E-state index contributed by atoms with van der Waals surface area (Å²) in [5.41, 5.74) is 10.3. The molecule has 2 N–H and O–H groups in total. The summed E-state index contributed by atoms with van der Waals surface area (Å²) in [5.74, 6) is 0.663. The molecule has 2 nitrogen and oxygen atoms in total. The molecule has 100 valence electrons. The van der Waals surface area contributed by atoms with Crippen molar-refractivity contribution in [3.63, 3.8) is 0 Å². The minimum Gasteiger partial charge on any atom is -0.330 e. The quantitative estimate of drug-likeness (QED) is 0.885. The molecular formula is C16H26N2. The van der Waals surface area contributed by atoms with Gasteiger partial charge in [0.1, 0.15) is 0 Å². The first-order chi connectivity index (χ1) is 8.69. The van der Waals surface area contributed by atoms with Gasteiger partial charge in [-0.2, -0.15) is 0 Å². The van der Waals surface area contributed by atoms with E-state index in [0.29, 0.717) is 12.0 Å². The van der Waals surface area contributed by atoms with Crippen LogP contribution in [-0.2, 0) is 12.8 Å². The van der Waals surface area contributed by atoms with Crippen molar-refractivity contribution in [1.29, 1.82) is 0 Å². The smallest absolute Gasteiger partial charge is 0.0348 e. The maximum Gasteiger partial charge on any atom is 0.0348 e. The summed E-state index contributed by atoms with van der Waals surface area (Å²) in [7, 11) is 2.22. The SMILES string of the molecule is CCc1ccc(C2CC(CN)CN2C)cc1CC. The van der Waals surface area contributed by atoms with Crippen LogP contribution >= 0.6 is 0 Å². The van der Waals surface area contributed by atoms with Crippen molar-refractivity contribution >= 4 is 0 Å². The van der Waals surface area contributed by atoms with Gasteiger partial charge >= 0.3 is 0 Å². The number of aryl methyl sites for hydroxylation is 2. The lowest BCUT2D eigenvalue weighted by Gasteiger charge is -2.21. The van der Waals surface area contributed by atoms with Crippen LogP contribution in [0.3, 0.4) is 0 Å². The second-order valence-electron chi connectivity index (χ2n) is 5.53. The first-order valence-electron chi connectivity index (χ1n) is 7.21. The summed E-state index contributed by atoms with van der Waals surface area (Å²) in [4.78, 5) is 2.46. The molecule has 1 aromatic rings. The van der Waals surface area contributed by atoms with Crippen LogP contribution in [0.5, 0.6) is 0 Å². The van der Waals surface area contributed by atoms with Crippen LogP contribution in [0.15, 0.2) is 18.2 Å². The van der Waals surface area contributed by atoms with Crippen molar-refractivity contribution in [1.82, 2.24) is 4.90 Å². The molecule has 0 aromatic heterocycles. The molecular weight excluding hydrogens is 220 g/mol. The van der Waals surface area contributed by atoms with E-state index in [1.165, 1.54) is 23.1 Å². The average Bonchev–Trinajstić information content (AvgIpc) is 2.79. The topological polar surface area (TPSA) is 29.3 Å². The first-order valence-corrected chi connectivity index (χ1v) is 7.21. The Bertz CT molecular complexity index is 400. The molecule has 1 aromatic carbocycles. The Balaban J connectivity index is 2.23. The lowest BCUT2D eigenvalue weighted by molar-refractivity contribution is 0.313. The molecule has 1 aliphatic rings. The van der Waals surface area contributed by atoms with E-state index in [2.05, 4.69) is 44.0 Å². The Hall–Kier alpha value is -0.860. The molecule has 2 unspecified atom stereocenters. The minimum atomic E-state index is 0.565. The first kappa shape index (κ1) is 13.6. The number of nitrogens with two attached hydrogens (primary N) is 1. The van der Waals surface area contributed by atoms with E-state index in [4.69, 9.17) is 5.73 Å². The molecule has 0 bridgehead atoms. The van der Waals surface area contributed by atoms with E-state index in [0.717, 1.165) is 25.9 Å². The van der Waals surface area contributed by atoms with Gasteiger partial charge < -0.3 is 5.73 Å². The Morgan fingerprint density at radius 1 is 1.22 bits per heavy atom. The maximum atomic E-state index is 5.81. The van der Waals surface area contributed by atoms with Gasteiger partial charge in [0.2, 0.25) is 0 Å². The monoisotopic (exact) mass is 246 g/mol. The molecule has 2 atom stereocenters. The number of hydrogen-bond donors (Lipinski definition) is 1. The molecule has 0 spiro atoms. The fourth-order valence-electron chi connectivity index (χ4n) is 3.19. The van der Waals surface area contributed by atoms with Gasteiger partial charge in [-0.05, 0) is 55.5 Å². The second kappa shape index (κ2) is 5.85. The summed E-state index contributed by atoms with van der Waals surface area (Å²) in [6.07, 6.45) is 3.48. The zero-order chi connectivity index (χ0) is 13.1. The van der Waals surface area contributed by atoms with Crippen LogP contribution in [0.25, 0.3) is 0 Å². The van der Waals surface area contributed by atoms with Crippen molar-refractivity contribution in [3.05, 3.63) is 34.9 Å². The molecule has 0 saturated carbocycles. The van der Waals surface area contributed by atoms with Crippen molar-refractivity contribution in [2.75, 3.05) is 20.1 Å². The standard InChI is InChI=1S/C16H26N2/c1-4-13-6-7-15(9-14(13)5-2)16-8-12(10-17)11-18(16)3/h6-7,9,12,16H,4-5,8,10-11,17H2,1-3H3. The minimum absolute atomic E-state index is 0.565. The summed E-state index contributed by atoms with van der Waals surface area (Å²) >= 11 is 0. The van der Waals surface area contributed by atoms with E-state index >= 15 is 0 Å². The van der Waals surface area contributed by atoms with E-state index in [9.17, 15) is 0 Å². The van der Waals surface area contributed by atoms with Gasteiger partial charge in [0, 0.05) is 12.6 Å². The predicted molar refractivity (Wildman–Crippen MR) is 77.7 cm³/mol. The predicted octanol–water partition coefficient (Wildman–Crippen LogP) is 2.76. The highest BCUT2D eigenvalue weighted by molar-refractivity contribution is 5.34. The van der Waals surface area contributed by atoms with Crippen LogP contribution in [0.1, 0.15) is 43.0 Å². The van der Waals surface area contributed by atoms with Crippen LogP contribution in [0, 0.1) is 5.92 Å². The summed E-state index contributed by atoms with van der Waals surface area (Å²) in [5, 5.41) is 0. The highest BCUT2D eigenvalue weighted by atomic mass is 15.2. The Morgan fingerprint density at radius 3 is 2.50 bits per heavy atom. The number of benzene rings is 1. The van der Waals surface area contributed by atoms with Crippen molar-refractivity contribution in [3.8, 4) is 0 Å². The van der Waals surface area contributed by atoms with E-state index in [-0.39, 0.29) is 0 Å². The van der Waals surface area contributed by atoms with Crippen molar-refractivity contribution < 1.29 is 0 Å². The molecule has 2 rings (SSSR count). The maximum absolute atomic E-state index is 5.81. The molecule has 18 heavy (non-hydrogen) atoms. The zero-order valence-corrected chi connectivity index (χ0v) is 11.9. The van der Waals surface area contributed by atoms with Gasteiger partial charge in [-0.15, -0.1) is 0 Å². The second-order valence-corrected chi connectivity index (χ2v) is 5.53. The summed E-state index contributed by atoms with van der Waals surface area (Å²) < 4.78 is 0. The molecule has 1 fully saturated rings. The van der Waals surface area contributed by atoms with Gasteiger partial charge in [0.25, 0.3) is 0 Å². The lowest BCUT2D eigenvalue weighted by Crippen LogP contribution is -2.20. The van der Waals surface area contributed by atoms with Gasteiger partial charge in [-0.3, -0.25) is 4.90 Å². The number of nitrogens with zero attached hydrogens (tertiary/aromatic N) is 1. The molecule has 2 heteroatoms. The van der Waals surface area contributed by atoms with Crippen LogP contribution in [0.2, 0.25) is 0 Å². The fraction of sp³-hybridized carbons (Fsp3) is 0.625. The lowest BCUT2D eigenvalue weighted by atomic mass is 9.94. The molecule has 0 radical (unpaired) electrons. The van der Waals surface area contributed by atoms with Gasteiger partial charge in [-0.25, -0.2) is 0 Å². The third kappa shape index (κ3) is 2.60. The van der Waals surface area contributed by atoms with E-state index < -0.39 is 0 Å². The van der Waals surface area contributed by atoms with Crippen LogP contribution < -0.4 is 5.73 Å². The normalized spacial score (nSPS) is 24.7. The van der Waals surface area contributed by atoms with Crippen molar-refractivity contribution in [2.45, 2.75) is 39.2 Å². The average molecular weight is 246 g/mol. The Morgan fingerprint density at radius 2 is 1.94 bits per heavy atom. The zero-order valence-electron chi connectivity index (χ0n) is 11.9. The molecule has 0 amide bonds. The van der Waals surface area contributed by atoms with E-state index in [1.807, 2.05) is 0 Å². The molecule has 0 aliphatic carbocycles. The van der Waals surface area contributed by atoms with E-state index in [1.54, 1.807) is 0 Å². The van der Waals surface area contributed by atoms with Crippen LogP contribution in [0.4, 0.5) is 0 Å². The fourth-order valence-corrected chi connectivity index (χ4v) is 3.19. The Labute approximate surface area is 111 Å². The number of rotatable bonds is 4. The third-order valence-electron chi connectivity index (χ3n) is 4.35. The molecule has 1 aliphatic heterocycles. The van der Waals surface area contributed by atoms with Gasteiger partial charge in [-0.1, -0.05) is 32.0 Å². The number of likely N-dealkylation sites (tertiary alicyclic amines) is 1. The highest BCUT2D eigenvalue weighted by Crippen LogP contribution is 2.34. The summed E-state index contributed by atoms with van der Waals surface area (Å²) in [6, 6.07) is 7.61. The third-order valence-corrected chi connectivity index (χ3v) is 4.35. The molecule has 1 heterocycles. The van der Waals surface area contributed by atoms with Gasteiger partial charge in [0.15, 0.2) is 0 Å². The van der Waals surface area contributed by atoms with Crippen LogP contribution in [-0.4, -0.2) is 25.0 Å². The Kier molecular flexibility index (Phi) is 4.41. The summed E-state index contributed by atoms with van der Waals surface area (Å²) in [6.45, 7) is 6.44.